The standard InChI is InChI=1S/C13H26N2O2/c1-12(16)6-7-13(17)14-8-5-11-15-9-3-2-4-10-15/h12,16H,2-11H2,1H3,(H,14,17). The van der Waals surface area contributed by atoms with Crippen molar-refractivity contribution in [3.63, 3.8) is 0 Å². The van der Waals surface area contributed by atoms with Gasteiger partial charge in [0.25, 0.3) is 0 Å². The number of hydrogen-bond donors (Lipinski definition) is 2. The highest BCUT2D eigenvalue weighted by Gasteiger charge is 2.09. The third kappa shape index (κ3) is 7.34. The molecule has 1 atom stereocenters. The van der Waals surface area contributed by atoms with Gasteiger partial charge in [-0.15, -0.1) is 0 Å². The quantitative estimate of drug-likeness (QED) is 0.658. The van der Waals surface area contributed by atoms with E-state index in [0.717, 1.165) is 19.5 Å². The minimum Gasteiger partial charge on any atom is -0.393 e. The number of aliphatic hydroxyl groups is 1. The van der Waals surface area contributed by atoms with E-state index in [4.69, 9.17) is 5.11 Å². The maximum atomic E-state index is 11.4. The van der Waals surface area contributed by atoms with Crippen molar-refractivity contribution in [3.8, 4) is 0 Å². The molecule has 0 aromatic rings. The Hall–Kier alpha value is -0.610. The first-order valence-corrected chi connectivity index (χ1v) is 6.85. The fourth-order valence-corrected chi connectivity index (χ4v) is 2.14. The molecule has 4 nitrogen and oxygen atoms in total. The molecule has 0 spiro atoms. The second-order valence-electron chi connectivity index (χ2n) is 4.99. The number of nitrogens with one attached hydrogen (secondary N) is 1. The topological polar surface area (TPSA) is 52.6 Å². The second-order valence-corrected chi connectivity index (χ2v) is 4.99. The van der Waals surface area contributed by atoms with E-state index in [0.29, 0.717) is 12.8 Å². The van der Waals surface area contributed by atoms with Gasteiger partial charge < -0.3 is 15.3 Å². The molecule has 1 rings (SSSR count). The first-order valence-electron chi connectivity index (χ1n) is 6.85. The molecule has 17 heavy (non-hydrogen) atoms. The third-order valence-electron chi connectivity index (χ3n) is 3.21. The molecule has 1 aliphatic heterocycles. The second kappa shape index (κ2) is 8.48. The summed E-state index contributed by atoms with van der Waals surface area (Å²) in [5.74, 6) is 0.0598. The van der Waals surface area contributed by atoms with Crippen LogP contribution in [0.25, 0.3) is 0 Å². The molecule has 1 unspecified atom stereocenters. The van der Waals surface area contributed by atoms with Crippen molar-refractivity contribution in [1.82, 2.24) is 10.2 Å². The molecule has 0 bridgehead atoms. The zero-order chi connectivity index (χ0) is 12.5. The molecule has 4 heteroatoms. The van der Waals surface area contributed by atoms with Crippen LogP contribution in [0, 0.1) is 0 Å². The van der Waals surface area contributed by atoms with Crippen molar-refractivity contribution in [3.05, 3.63) is 0 Å². The van der Waals surface area contributed by atoms with Crippen molar-refractivity contribution < 1.29 is 9.90 Å². The summed E-state index contributed by atoms with van der Waals surface area (Å²) in [6.07, 6.45) is 5.64. The van der Waals surface area contributed by atoms with E-state index in [2.05, 4.69) is 10.2 Å². The van der Waals surface area contributed by atoms with Crippen LogP contribution in [-0.2, 0) is 4.79 Å². The van der Waals surface area contributed by atoms with Gasteiger partial charge in [0.05, 0.1) is 6.10 Å². The van der Waals surface area contributed by atoms with Gasteiger partial charge in [-0.1, -0.05) is 6.42 Å². The van der Waals surface area contributed by atoms with Gasteiger partial charge in [-0.3, -0.25) is 4.79 Å². The lowest BCUT2D eigenvalue weighted by Gasteiger charge is -2.26. The molecule has 1 amide bonds. The van der Waals surface area contributed by atoms with Crippen molar-refractivity contribution in [2.45, 2.75) is 51.6 Å². The maximum absolute atomic E-state index is 11.4. The van der Waals surface area contributed by atoms with Gasteiger partial charge in [0.2, 0.25) is 5.91 Å². The van der Waals surface area contributed by atoms with Gasteiger partial charge in [-0.25, -0.2) is 0 Å². The summed E-state index contributed by atoms with van der Waals surface area (Å²) in [7, 11) is 0. The van der Waals surface area contributed by atoms with Crippen LogP contribution in [0.5, 0.6) is 0 Å². The number of likely N-dealkylation sites (tertiary alicyclic amines) is 1. The van der Waals surface area contributed by atoms with Gasteiger partial charge in [-0.05, 0) is 52.2 Å². The summed E-state index contributed by atoms with van der Waals surface area (Å²) in [6, 6.07) is 0. The number of carbonyl (C=O) groups excluding carboxylic acids is 1. The zero-order valence-electron chi connectivity index (χ0n) is 11.0. The molecular weight excluding hydrogens is 216 g/mol. The highest BCUT2D eigenvalue weighted by Crippen LogP contribution is 2.08. The average molecular weight is 242 g/mol. The molecule has 2 N–H and O–H groups in total. The normalized spacial score (nSPS) is 18.9. The molecule has 1 heterocycles. The fourth-order valence-electron chi connectivity index (χ4n) is 2.14. The van der Waals surface area contributed by atoms with Gasteiger partial charge in [0, 0.05) is 13.0 Å². The summed E-state index contributed by atoms with van der Waals surface area (Å²) >= 11 is 0. The number of piperidine rings is 1. The van der Waals surface area contributed by atoms with Crippen LogP contribution in [-0.4, -0.2) is 48.2 Å². The lowest BCUT2D eigenvalue weighted by atomic mass is 10.1. The minimum atomic E-state index is -0.380. The smallest absolute Gasteiger partial charge is 0.220 e. The largest absolute Gasteiger partial charge is 0.393 e. The number of amides is 1. The van der Waals surface area contributed by atoms with E-state index in [1.165, 1.54) is 32.4 Å². The van der Waals surface area contributed by atoms with Crippen LogP contribution in [0.4, 0.5) is 0 Å². The monoisotopic (exact) mass is 242 g/mol. The third-order valence-corrected chi connectivity index (χ3v) is 3.21. The van der Waals surface area contributed by atoms with E-state index in [-0.39, 0.29) is 12.0 Å². The van der Waals surface area contributed by atoms with E-state index >= 15 is 0 Å². The Morgan fingerprint density at radius 2 is 2.06 bits per heavy atom. The molecule has 1 aliphatic rings. The van der Waals surface area contributed by atoms with Crippen LogP contribution >= 0.6 is 0 Å². The molecule has 0 aromatic carbocycles. The summed E-state index contributed by atoms with van der Waals surface area (Å²) in [6.45, 7) is 6.00. The molecule has 1 saturated heterocycles. The SMILES string of the molecule is CC(O)CCC(=O)NCCCN1CCCCC1. The van der Waals surface area contributed by atoms with Crippen LogP contribution in [0.15, 0.2) is 0 Å². The Bertz CT molecular complexity index is 213. The number of nitrogens with zero attached hydrogens (tertiary/aromatic N) is 1. The van der Waals surface area contributed by atoms with Gasteiger partial charge >= 0.3 is 0 Å². The molecule has 0 radical (unpaired) electrons. The fraction of sp³-hybridized carbons (Fsp3) is 0.923. The van der Waals surface area contributed by atoms with Gasteiger partial charge in [0.15, 0.2) is 0 Å². The molecule has 1 fully saturated rings. The number of hydrogen-bond acceptors (Lipinski definition) is 3. The molecule has 100 valence electrons. The first kappa shape index (κ1) is 14.5. The Morgan fingerprint density at radius 3 is 2.71 bits per heavy atom. The van der Waals surface area contributed by atoms with Crippen molar-refractivity contribution >= 4 is 5.91 Å². The van der Waals surface area contributed by atoms with Gasteiger partial charge in [0.1, 0.15) is 0 Å². The highest BCUT2D eigenvalue weighted by atomic mass is 16.3. The lowest BCUT2D eigenvalue weighted by molar-refractivity contribution is -0.121. The highest BCUT2D eigenvalue weighted by molar-refractivity contribution is 5.75. The summed E-state index contributed by atoms with van der Waals surface area (Å²) < 4.78 is 0. The van der Waals surface area contributed by atoms with E-state index in [1.54, 1.807) is 6.92 Å². The van der Waals surface area contributed by atoms with E-state index < -0.39 is 0 Å². The Labute approximate surface area is 104 Å². The van der Waals surface area contributed by atoms with Crippen molar-refractivity contribution in [2.75, 3.05) is 26.2 Å². The zero-order valence-corrected chi connectivity index (χ0v) is 11.0. The minimum absolute atomic E-state index is 0.0598. The summed E-state index contributed by atoms with van der Waals surface area (Å²) in [5, 5.41) is 12.0. The van der Waals surface area contributed by atoms with Crippen LogP contribution in [0.2, 0.25) is 0 Å². The molecule has 0 aromatic heterocycles. The van der Waals surface area contributed by atoms with Crippen molar-refractivity contribution in [1.29, 1.82) is 0 Å². The van der Waals surface area contributed by atoms with Crippen LogP contribution in [0.3, 0.4) is 0 Å². The lowest BCUT2D eigenvalue weighted by Crippen LogP contribution is -2.33. The number of rotatable bonds is 7. The number of carbonyl (C=O) groups is 1. The van der Waals surface area contributed by atoms with Crippen LogP contribution in [0.1, 0.15) is 45.4 Å². The average Bonchev–Trinajstić information content (AvgIpc) is 2.33. The molecule has 0 aliphatic carbocycles. The first-order chi connectivity index (χ1) is 8.18. The summed E-state index contributed by atoms with van der Waals surface area (Å²) in [4.78, 5) is 13.8. The summed E-state index contributed by atoms with van der Waals surface area (Å²) in [5.41, 5.74) is 0. The Kier molecular flexibility index (Phi) is 7.21. The predicted molar refractivity (Wildman–Crippen MR) is 68.8 cm³/mol. The molecule has 0 saturated carbocycles. The van der Waals surface area contributed by atoms with E-state index in [1.807, 2.05) is 0 Å². The Morgan fingerprint density at radius 1 is 1.35 bits per heavy atom. The maximum Gasteiger partial charge on any atom is 0.220 e. The predicted octanol–water partition coefficient (Wildman–Crippen LogP) is 1.14. The van der Waals surface area contributed by atoms with Crippen molar-refractivity contribution in [2.24, 2.45) is 0 Å². The number of aliphatic hydroxyl groups excluding tert-OH is 1. The van der Waals surface area contributed by atoms with Gasteiger partial charge in [-0.2, -0.15) is 0 Å². The van der Waals surface area contributed by atoms with Crippen LogP contribution < -0.4 is 5.32 Å². The Balaban J connectivity index is 1.94. The molecular formula is C13H26N2O2. The van der Waals surface area contributed by atoms with E-state index in [9.17, 15) is 4.79 Å².